The Morgan fingerprint density at radius 1 is 1.06 bits per heavy atom. The van der Waals surface area contributed by atoms with Gasteiger partial charge in [-0.1, -0.05) is 18.2 Å². The second-order valence-electron chi connectivity index (χ2n) is 13.3. The highest BCUT2D eigenvalue weighted by Gasteiger charge is 2.56. The monoisotopic (exact) mass is 710 g/mol. The summed E-state index contributed by atoms with van der Waals surface area (Å²) in [4.78, 5) is 29.5. The third kappa shape index (κ3) is 5.75. The van der Waals surface area contributed by atoms with E-state index in [0.717, 1.165) is 29.3 Å². The molecule has 7 rings (SSSR count). The number of likely N-dealkylation sites (N-methyl/N-ethyl adjacent to an activating group) is 1. The van der Waals surface area contributed by atoms with Crippen molar-refractivity contribution in [3.8, 4) is 28.7 Å². The van der Waals surface area contributed by atoms with Gasteiger partial charge < -0.3 is 33.9 Å². The van der Waals surface area contributed by atoms with Gasteiger partial charge in [0, 0.05) is 41.3 Å². The molecule has 1 saturated heterocycles. The molecule has 2 N–H and O–H groups in total. The van der Waals surface area contributed by atoms with Crippen molar-refractivity contribution in [2.24, 2.45) is 0 Å². The molecule has 3 aromatic carbocycles. The van der Waals surface area contributed by atoms with Crippen LogP contribution in [-0.2, 0) is 33.3 Å². The van der Waals surface area contributed by atoms with Gasteiger partial charge >= 0.3 is 18.1 Å². The Balaban J connectivity index is 1.33. The first-order valence-electron chi connectivity index (χ1n) is 16.4. The van der Waals surface area contributed by atoms with Crippen LogP contribution in [-0.4, -0.2) is 77.8 Å². The van der Waals surface area contributed by atoms with E-state index in [0.29, 0.717) is 45.9 Å². The first-order valence-corrected chi connectivity index (χ1v) is 16.4. The number of aliphatic hydroxyl groups is 1. The third-order valence-electron chi connectivity index (χ3n) is 10.4. The average Bonchev–Trinajstić information content (AvgIpc) is 3.57. The fourth-order valence-corrected chi connectivity index (χ4v) is 8.27. The van der Waals surface area contributed by atoms with Gasteiger partial charge in [-0.2, -0.15) is 13.2 Å². The molecular formula is C37H37F3N2O9. The summed E-state index contributed by atoms with van der Waals surface area (Å²) in [5, 5.41) is 23.8. The molecule has 1 fully saturated rings. The largest absolute Gasteiger partial charge is 0.504 e. The maximum absolute atomic E-state index is 13.3. The quantitative estimate of drug-likeness (QED) is 0.201. The van der Waals surface area contributed by atoms with Crippen molar-refractivity contribution < 1.29 is 56.7 Å². The van der Waals surface area contributed by atoms with Crippen LogP contribution in [0.3, 0.4) is 0 Å². The topological polar surface area (TPSA) is 127 Å². The Morgan fingerprint density at radius 2 is 1.80 bits per heavy atom. The number of hydrogen-bond donors (Lipinski definition) is 2. The molecule has 4 aliphatic rings. The minimum Gasteiger partial charge on any atom is -0.504 e. The number of benzene rings is 3. The van der Waals surface area contributed by atoms with E-state index in [2.05, 4.69) is 0 Å². The van der Waals surface area contributed by atoms with E-state index in [1.165, 1.54) is 32.2 Å². The zero-order valence-electron chi connectivity index (χ0n) is 28.5. The molecule has 0 amide bonds. The predicted molar refractivity (Wildman–Crippen MR) is 176 cm³/mol. The van der Waals surface area contributed by atoms with Crippen LogP contribution >= 0.6 is 0 Å². The number of halogens is 3. The molecule has 51 heavy (non-hydrogen) atoms. The molecule has 4 aliphatic heterocycles. The van der Waals surface area contributed by atoms with E-state index >= 15 is 0 Å². The van der Waals surface area contributed by atoms with E-state index in [-0.39, 0.29) is 36.9 Å². The number of carbonyl (C=O) groups is 2. The van der Waals surface area contributed by atoms with Crippen molar-refractivity contribution >= 4 is 18.0 Å². The fraction of sp³-hybridized carbons (Fsp3) is 0.405. The Hall–Kier alpha value is -4.79. The minimum absolute atomic E-state index is 0.00489. The van der Waals surface area contributed by atoms with Gasteiger partial charge in [0.2, 0.25) is 6.79 Å². The molecule has 0 spiro atoms. The first kappa shape index (κ1) is 34.6. The maximum atomic E-state index is 13.3. The Labute approximate surface area is 291 Å². The molecule has 270 valence electrons. The average molecular weight is 711 g/mol. The molecule has 5 atom stereocenters. The van der Waals surface area contributed by atoms with Crippen LogP contribution in [0.25, 0.3) is 6.08 Å². The normalized spacial score (nSPS) is 23.7. The number of ether oxygens (including phenoxy) is 5. The second-order valence-corrected chi connectivity index (χ2v) is 13.3. The molecule has 14 heteroatoms. The zero-order chi connectivity index (χ0) is 36.5. The second kappa shape index (κ2) is 12.8. The summed E-state index contributed by atoms with van der Waals surface area (Å²) in [7, 11) is 3.37. The summed E-state index contributed by atoms with van der Waals surface area (Å²) in [6, 6.07) is 4.17. The Bertz CT molecular complexity index is 1960. The highest BCUT2D eigenvalue weighted by Crippen LogP contribution is 2.58. The third-order valence-corrected chi connectivity index (χ3v) is 10.4. The molecule has 0 saturated carbocycles. The van der Waals surface area contributed by atoms with Crippen molar-refractivity contribution in [2.75, 3.05) is 27.6 Å². The number of fused-ring (bicyclic) bond motifs is 9. The van der Waals surface area contributed by atoms with Crippen LogP contribution in [0.15, 0.2) is 36.4 Å². The summed E-state index contributed by atoms with van der Waals surface area (Å²) >= 11 is 0. The van der Waals surface area contributed by atoms with Crippen LogP contribution in [0.2, 0.25) is 0 Å². The lowest BCUT2D eigenvalue weighted by Crippen LogP contribution is -2.68. The Kier molecular flexibility index (Phi) is 8.67. The number of hydrogen-bond acceptors (Lipinski definition) is 11. The van der Waals surface area contributed by atoms with Crippen molar-refractivity contribution in [3.05, 3.63) is 80.9 Å². The number of aliphatic hydroxyl groups excluding tert-OH is 1. The summed E-state index contributed by atoms with van der Waals surface area (Å²) in [5.41, 5.74) is 3.22. The highest BCUT2D eigenvalue weighted by atomic mass is 19.4. The number of rotatable bonds is 6. The fourth-order valence-electron chi connectivity index (χ4n) is 8.27. The molecule has 0 aromatic heterocycles. The van der Waals surface area contributed by atoms with E-state index in [4.69, 9.17) is 23.7 Å². The number of methoxy groups -OCH3 is 1. The number of phenols is 1. The minimum atomic E-state index is -4.55. The number of alkyl halides is 3. The van der Waals surface area contributed by atoms with E-state index in [1.807, 2.05) is 29.8 Å². The molecular weight excluding hydrogens is 673 g/mol. The van der Waals surface area contributed by atoms with Gasteiger partial charge in [-0.05, 0) is 68.6 Å². The molecule has 3 aromatic rings. The van der Waals surface area contributed by atoms with Crippen LogP contribution in [0.5, 0.6) is 28.7 Å². The van der Waals surface area contributed by atoms with Gasteiger partial charge in [0.05, 0.1) is 30.8 Å². The highest BCUT2D eigenvalue weighted by molar-refractivity contribution is 5.87. The van der Waals surface area contributed by atoms with Crippen LogP contribution in [0.4, 0.5) is 13.2 Å². The zero-order valence-corrected chi connectivity index (χ0v) is 28.5. The van der Waals surface area contributed by atoms with Gasteiger partial charge in [0.25, 0.3) is 0 Å². The summed E-state index contributed by atoms with van der Waals surface area (Å²) in [5.74, 6) is -0.0639. The number of phenolic OH excluding ortho intramolecular Hbond substituents is 1. The first-order chi connectivity index (χ1) is 24.2. The number of esters is 2. The van der Waals surface area contributed by atoms with Gasteiger partial charge in [-0.3, -0.25) is 14.6 Å². The standard InChI is InChI=1S/C37H37F3N2O9/c1-17-11-21-13-25-36(46)42-24(30(41(25)4)28(21)31(45)32(17)47-5)14-23-29(35-34(49-16-50-35)18(2)33(23)51-19(3)43)26(42)15-48-27(44)10-9-20-7-6-8-22(12-20)37(38,39)40/h6-12,24-26,30,36,45-46H,13-16H2,1-5H3/b10-9+/t24?,25?,26-,30-,36-/m0/s1. The molecule has 4 heterocycles. The lowest BCUT2D eigenvalue weighted by Gasteiger charge is -2.60. The Morgan fingerprint density at radius 3 is 2.51 bits per heavy atom. The van der Waals surface area contributed by atoms with E-state index in [1.54, 1.807) is 6.92 Å². The molecule has 2 bridgehead atoms. The van der Waals surface area contributed by atoms with Gasteiger partial charge in [-0.15, -0.1) is 0 Å². The van der Waals surface area contributed by atoms with Crippen LogP contribution in [0.1, 0.15) is 63.5 Å². The van der Waals surface area contributed by atoms with Crippen molar-refractivity contribution in [1.29, 1.82) is 0 Å². The van der Waals surface area contributed by atoms with E-state index in [9.17, 15) is 33.0 Å². The number of piperazine rings is 1. The maximum Gasteiger partial charge on any atom is 0.416 e. The SMILES string of the molecule is COc1c(C)cc2c(c1O)[C@@H]1C3Cc4c(OC(C)=O)c(C)c5c(c4[C@H](COC(=O)/C=C/c4cccc(C(F)(F)F)c4)N3[C@@H](O)C(C2)N1C)OCO5. The predicted octanol–water partition coefficient (Wildman–Crippen LogP) is 5.14. The molecule has 0 aliphatic carbocycles. The summed E-state index contributed by atoms with van der Waals surface area (Å²) < 4.78 is 68.7. The van der Waals surface area contributed by atoms with Gasteiger partial charge in [-0.25, -0.2) is 4.79 Å². The summed E-state index contributed by atoms with van der Waals surface area (Å²) in [6.45, 7) is 4.45. The summed E-state index contributed by atoms with van der Waals surface area (Å²) in [6.07, 6.45) is -2.73. The number of aromatic hydroxyl groups is 1. The van der Waals surface area contributed by atoms with Gasteiger partial charge in [0.15, 0.2) is 23.0 Å². The number of aryl methyl sites for hydroxylation is 1. The van der Waals surface area contributed by atoms with Crippen molar-refractivity contribution in [3.63, 3.8) is 0 Å². The molecule has 0 radical (unpaired) electrons. The van der Waals surface area contributed by atoms with E-state index < -0.39 is 54.1 Å². The number of carbonyl (C=O) groups excluding carboxylic acids is 2. The lowest BCUT2D eigenvalue weighted by molar-refractivity contribution is -0.182. The molecule has 2 unspecified atom stereocenters. The van der Waals surface area contributed by atoms with Gasteiger partial charge in [0.1, 0.15) is 18.6 Å². The molecule has 11 nitrogen and oxygen atoms in total. The van der Waals surface area contributed by atoms with Crippen LogP contribution in [0, 0.1) is 13.8 Å². The number of nitrogens with zero attached hydrogens (tertiary/aromatic N) is 2. The van der Waals surface area contributed by atoms with Crippen molar-refractivity contribution in [1.82, 2.24) is 9.80 Å². The van der Waals surface area contributed by atoms with Crippen LogP contribution < -0.4 is 18.9 Å². The smallest absolute Gasteiger partial charge is 0.416 e. The lowest BCUT2D eigenvalue weighted by atomic mass is 9.73. The van der Waals surface area contributed by atoms with Crippen molar-refractivity contribution in [2.45, 2.75) is 70.2 Å².